The number of aromatic carboxylic acids is 1. The molecule has 3 aromatic rings. The number of carboxylic acids is 1. The van der Waals surface area contributed by atoms with Gasteiger partial charge in [-0.15, -0.1) is 0 Å². The molecule has 0 spiro atoms. The molecule has 5 nitrogen and oxygen atoms in total. The Hall–Kier alpha value is -3.06. The highest BCUT2D eigenvalue weighted by atomic mass is 79.9. The Kier molecular flexibility index (Phi) is 7.52. The first-order valence-corrected chi connectivity index (χ1v) is 10.6. The van der Waals surface area contributed by atoms with Crippen LogP contribution in [0.4, 0.5) is 10.1 Å². The fraction of sp³-hybridized carbons (Fsp3) is 0.208. The summed E-state index contributed by atoms with van der Waals surface area (Å²) in [5, 5.41) is 12.5. The van der Waals surface area contributed by atoms with Gasteiger partial charge in [0.2, 0.25) is 0 Å². The second-order valence-corrected chi connectivity index (χ2v) is 7.76. The quantitative estimate of drug-likeness (QED) is 0.376. The number of anilines is 1. The first-order valence-electron chi connectivity index (χ1n) is 9.78. The van der Waals surface area contributed by atoms with Crippen molar-refractivity contribution < 1.29 is 23.8 Å². The molecule has 3 aromatic carbocycles. The van der Waals surface area contributed by atoms with Crippen LogP contribution in [0, 0.1) is 12.7 Å². The van der Waals surface area contributed by atoms with Crippen molar-refractivity contribution >= 4 is 27.6 Å². The lowest BCUT2D eigenvalue weighted by atomic mass is 10.1. The van der Waals surface area contributed by atoms with E-state index in [9.17, 15) is 14.3 Å². The highest BCUT2D eigenvalue weighted by Crippen LogP contribution is 2.38. The van der Waals surface area contributed by atoms with Crippen LogP contribution >= 0.6 is 15.9 Å². The van der Waals surface area contributed by atoms with Crippen LogP contribution in [0.1, 0.15) is 34.0 Å². The topological polar surface area (TPSA) is 67.8 Å². The lowest BCUT2D eigenvalue weighted by Crippen LogP contribution is -2.06. The summed E-state index contributed by atoms with van der Waals surface area (Å²) in [6.07, 6.45) is 0. The lowest BCUT2D eigenvalue weighted by molar-refractivity contribution is 0.0697. The molecule has 0 aliphatic heterocycles. The van der Waals surface area contributed by atoms with E-state index >= 15 is 0 Å². The van der Waals surface area contributed by atoms with E-state index in [1.807, 2.05) is 26.0 Å². The zero-order chi connectivity index (χ0) is 22.4. The molecule has 0 saturated heterocycles. The van der Waals surface area contributed by atoms with Crippen molar-refractivity contribution in [1.29, 1.82) is 0 Å². The molecule has 0 unspecified atom stereocenters. The summed E-state index contributed by atoms with van der Waals surface area (Å²) < 4.78 is 26.2. The summed E-state index contributed by atoms with van der Waals surface area (Å²) in [5.74, 6) is -0.254. The molecule has 0 bridgehead atoms. The summed E-state index contributed by atoms with van der Waals surface area (Å²) in [7, 11) is 0. The van der Waals surface area contributed by atoms with Crippen LogP contribution < -0.4 is 14.8 Å². The van der Waals surface area contributed by atoms with Gasteiger partial charge in [-0.3, -0.25) is 0 Å². The number of hydrogen-bond acceptors (Lipinski definition) is 4. The van der Waals surface area contributed by atoms with Crippen molar-refractivity contribution in [3.05, 3.63) is 87.1 Å². The summed E-state index contributed by atoms with van der Waals surface area (Å²) in [6.45, 7) is 4.76. The van der Waals surface area contributed by atoms with Crippen LogP contribution in [0.2, 0.25) is 0 Å². The van der Waals surface area contributed by atoms with E-state index < -0.39 is 5.97 Å². The standard InChI is InChI=1S/C24H23BrFNO4/c1-3-30-22-11-16(13-27-21-12-17(24(28)29)9-8-15(21)2)10-19(25)23(22)31-14-18-6-4-5-7-20(18)26/h4-12,27H,3,13-14H2,1-2H3,(H,28,29). The number of halogens is 2. The van der Waals surface area contributed by atoms with Gasteiger partial charge in [-0.2, -0.15) is 0 Å². The van der Waals surface area contributed by atoms with Gasteiger partial charge in [0.05, 0.1) is 16.6 Å². The molecule has 3 rings (SSSR count). The van der Waals surface area contributed by atoms with Gasteiger partial charge in [-0.1, -0.05) is 24.3 Å². The molecular weight excluding hydrogens is 465 g/mol. The van der Waals surface area contributed by atoms with Crippen molar-refractivity contribution in [2.24, 2.45) is 0 Å². The summed E-state index contributed by atoms with van der Waals surface area (Å²) in [6, 6.07) is 15.2. The van der Waals surface area contributed by atoms with E-state index in [0.717, 1.165) is 16.8 Å². The van der Waals surface area contributed by atoms with Gasteiger partial charge < -0.3 is 19.9 Å². The molecule has 0 aliphatic rings. The van der Waals surface area contributed by atoms with Gasteiger partial charge in [-0.25, -0.2) is 9.18 Å². The molecule has 162 valence electrons. The van der Waals surface area contributed by atoms with Crippen LogP contribution in [-0.4, -0.2) is 17.7 Å². The minimum atomic E-state index is -0.971. The SMILES string of the molecule is CCOc1cc(CNc2cc(C(=O)O)ccc2C)cc(Br)c1OCc1ccccc1F. The molecular formula is C24H23BrFNO4. The highest BCUT2D eigenvalue weighted by Gasteiger charge is 2.14. The van der Waals surface area contributed by atoms with Gasteiger partial charge in [0, 0.05) is 17.8 Å². The summed E-state index contributed by atoms with van der Waals surface area (Å²) in [4.78, 5) is 11.2. The zero-order valence-electron chi connectivity index (χ0n) is 17.2. The number of carbonyl (C=O) groups is 1. The maximum absolute atomic E-state index is 13.9. The van der Waals surface area contributed by atoms with Gasteiger partial charge >= 0.3 is 5.97 Å². The fourth-order valence-corrected chi connectivity index (χ4v) is 3.64. The summed E-state index contributed by atoms with van der Waals surface area (Å²) >= 11 is 3.53. The van der Waals surface area contributed by atoms with E-state index in [2.05, 4.69) is 21.2 Å². The number of rotatable bonds is 9. The van der Waals surface area contributed by atoms with Crippen molar-refractivity contribution in [2.75, 3.05) is 11.9 Å². The maximum Gasteiger partial charge on any atom is 0.335 e. The molecule has 0 saturated carbocycles. The van der Waals surface area contributed by atoms with Gasteiger partial charge in [0.1, 0.15) is 12.4 Å². The minimum Gasteiger partial charge on any atom is -0.490 e. The molecule has 7 heteroatoms. The average Bonchev–Trinajstić information content (AvgIpc) is 2.73. The molecule has 0 aliphatic carbocycles. The number of carboxylic acid groups (broad SMARTS) is 1. The molecule has 0 aromatic heterocycles. The first kappa shape index (κ1) is 22.6. The number of aryl methyl sites for hydroxylation is 1. The Morgan fingerprint density at radius 3 is 2.61 bits per heavy atom. The van der Waals surface area contributed by atoms with Gasteiger partial charge in [0.25, 0.3) is 0 Å². The monoisotopic (exact) mass is 487 g/mol. The Morgan fingerprint density at radius 1 is 1.13 bits per heavy atom. The second-order valence-electron chi connectivity index (χ2n) is 6.91. The van der Waals surface area contributed by atoms with Crippen LogP contribution in [0.25, 0.3) is 0 Å². The Labute approximate surface area is 189 Å². The largest absolute Gasteiger partial charge is 0.490 e. The Bertz CT molecular complexity index is 1090. The molecule has 2 N–H and O–H groups in total. The molecule has 0 fully saturated rings. The fourth-order valence-electron chi connectivity index (χ4n) is 3.03. The van der Waals surface area contributed by atoms with Crippen molar-refractivity contribution in [1.82, 2.24) is 0 Å². The molecule has 31 heavy (non-hydrogen) atoms. The molecule has 0 amide bonds. The number of ether oxygens (including phenoxy) is 2. The van der Waals surface area contributed by atoms with E-state index in [-0.39, 0.29) is 18.0 Å². The number of benzene rings is 3. The van der Waals surface area contributed by atoms with Crippen LogP contribution in [0.3, 0.4) is 0 Å². The van der Waals surface area contributed by atoms with Crippen LogP contribution in [0.5, 0.6) is 11.5 Å². The minimum absolute atomic E-state index is 0.0735. The average molecular weight is 488 g/mol. The van der Waals surface area contributed by atoms with E-state index in [1.54, 1.807) is 36.4 Å². The third-order valence-corrected chi connectivity index (χ3v) is 5.26. The van der Waals surface area contributed by atoms with Gasteiger partial charge in [-0.05, 0) is 71.2 Å². The Balaban J connectivity index is 1.79. The third-order valence-electron chi connectivity index (χ3n) is 4.67. The molecule has 0 atom stereocenters. The van der Waals surface area contributed by atoms with Crippen LogP contribution in [-0.2, 0) is 13.2 Å². The highest BCUT2D eigenvalue weighted by molar-refractivity contribution is 9.10. The smallest absolute Gasteiger partial charge is 0.335 e. The van der Waals surface area contributed by atoms with Crippen molar-refractivity contribution in [3.63, 3.8) is 0 Å². The van der Waals surface area contributed by atoms with E-state index in [4.69, 9.17) is 9.47 Å². The van der Waals surface area contributed by atoms with Crippen molar-refractivity contribution in [2.45, 2.75) is 27.0 Å². The van der Waals surface area contributed by atoms with E-state index in [1.165, 1.54) is 6.07 Å². The molecule has 0 heterocycles. The normalized spacial score (nSPS) is 10.6. The van der Waals surface area contributed by atoms with E-state index in [0.29, 0.717) is 34.7 Å². The lowest BCUT2D eigenvalue weighted by Gasteiger charge is -2.17. The van der Waals surface area contributed by atoms with Crippen molar-refractivity contribution in [3.8, 4) is 11.5 Å². The number of nitrogens with one attached hydrogen (secondary N) is 1. The van der Waals surface area contributed by atoms with Crippen LogP contribution in [0.15, 0.2) is 59.1 Å². The number of hydrogen-bond donors (Lipinski definition) is 2. The Morgan fingerprint density at radius 2 is 1.90 bits per heavy atom. The maximum atomic E-state index is 13.9. The first-order chi connectivity index (χ1) is 14.9. The second kappa shape index (κ2) is 10.3. The zero-order valence-corrected chi connectivity index (χ0v) is 18.8. The predicted molar refractivity (Wildman–Crippen MR) is 122 cm³/mol. The summed E-state index contributed by atoms with van der Waals surface area (Å²) in [5.41, 5.74) is 3.28. The van der Waals surface area contributed by atoms with Gasteiger partial charge in [0.15, 0.2) is 11.5 Å². The predicted octanol–water partition coefficient (Wildman–Crippen LogP) is 6.18. The molecule has 0 radical (unpaired) electrons. The third kappa shape index (κ3) is 5.76.